The topological polar surface area (TPSA) is 37.3 Å². The van der Waals surface area contributed by atoms with Crippen LogP contribution >= 0.6 is 0 Å². The molecular weight excluding hydrogens is 224 g/mol. The molecule has 0 radical (unpaired) electrons. The molecule has 2 heteroatoms. The molecule has 18 heavy (non-hydrogen) atoms. The summed E-state index contributed by atoms with van der Waals surface area (Å²) in [5.74, 6) is 1.34. The van der Waals surface area contributed by atoms with Crippen molar-refractivity contribution in [3.8, 4) is 0 Å². The molecule has 0 aromatic carbocycles. The van der Waals surface area contributed by atoms with Crippen molar-refractivity contribution in [2.45, 2.75) is 72.1 Å². The largest absolute Gasteiger partial charge is 0.481 e. The molecule has 3 atom stereocenters. The van der Waals surface area contributed by atoms with E-state index in [1.54, 1.807) is 0 Å². The van der Waals surface area contributed by atoms with Crippen molar-refractivity contribution >= 4 is 5.97 Å². The molecule has 1 saturated carbocycles. The molecule has 0 heterocycles. The summed E-state index contributed by atoms with van der Waals surface area (Å²) in [5, 5.41) is 9.33. The zero-order valence-corrected chi connectivity index (χ0v) is 12.3. The van der Waals surface area contributed by atoms with Crippen LogP contribution in [-0.2, 0) is 4.79 Å². The second kappa shape index (κ2) is 7.81. The van der Waals surface area contributed by atoms with Crippen LogP contribution in [0, 0.1) is 23.7 Å². The van der Waals surface area contributed by atoms with Gasteiger partial charge in [0.05, 0.1) is 5.92 Å². The van der Waals surface area contributed by atoms with Crippen molar-refractivity contribution in [3.63, 3.8) is 0 Å². The van der Waals surface area contributed by atoms with E-state index in [0.717, 1.165) is 37.5 Å². The summed E-state index contributed by atoms with van der Waals surface area (Å²) in [6.07, 6.45) is 9.27. The van der Waals surface area contributed by atoms with Crippen molar-refractivity contribution in [1.82, 2.24) is 0 Å². The van der Waals surface area contributed by atoms with Gasteiger partial charge in [0.2, 0.25) is 0 Å². The summed E-state index contributed by atoms with van der Waals surface area (Å²) in [6.45, 7) is 6.72. The molecule has 1 aliphatic carbocycles. The van der Waals surface area contributed by atoms with Crippen molar-refractivity contribution in [2.75, 3.05) is 0 Å². The summed E-state index contributed by atoms with van der Waals surface area (Å²) in [7, 11) is 0. The van der Waals surface area contributed by atoms with Gasteiger partial charge in [-0.15, -0.1) is 0 Å². The Hall–Kier alpha value is -0.530. The highest BCUT2D eigenvalue weighted by atomic mass is 16.4. The first-order chi connectivity index (χ1) is 8.54. The third kappa shape index (κ3) is 4.99. The van der Waals surface area contributed by atoms with E-state index in [1.807, 2.05) is 0 Å². The molecule has 0 aromatic heterocycles. The van der Waals surface area contributed by atoms with Gasteiger partial charge in [0.25, 0.3) is 0 Å². The van der Waals surface area contributed by atoms with Crippen LogP contribution < -0.4 is 0 Å². The normalized spacial score (nSPS) is 28.6. The molecule has 1 fully saturated rings. The van der Waals surface area contributed by atoms with Crippen LogP contribution in [0.4, 0.5) is 0 Å². The summed E-state index contributed by atoms with van der Waals surface area (Å²) in [6, 6.07) is 0. The highest BCUT2D eigenvalue weighted by Gasteiger charge is 2.34. The number of carboxylic acids is 1. The molecule has 1 N–H and O–H groups in total. The van der Waals surface area contributed by atoms with Gasteiger partial charge in [-0.3, -0.25) is 4.79 Å². The Morgan fingerprint density at radius 1 is 1.28 bits per heavy atom. The van der Waals surface area contributed by atoms with Crippen LogP contribution in [0.3, 0.4) is 0 Å². The van der Waals surface area contributed by atoms with Crippen molar-refractivity contribution < 1.29 is 9.90 Å². The van der Waals surface area contributed by atoms with E-state index >= 15 is 0 Å². The van der Waals surface area contributed by atoms with Crippen LogP contribution in [-0.4, -0.2) is 11.1 Å². The van der Waals surface area contributed by atoms with Crippen LogP contribution in [0.15, 0.2) is 0 Å². The Morgan fingerprint density at radius 3 is 2.56 bits per heavy atom. The van der Waals surface area contributed by atoms with E-state index in [4.69, 9.17) is 0 Å². The predicted octanol–water partition coefficient (Wildman–Crippen LogP) is 4.73. The third-order valence-corrected chi connectivity index (χ3v) is 4.46. The SMILES string of the molecule is CCCC1CCC(C(=O)O)C(CCCC(C)C)C1. The Morgan fingerprint density at radius 2 is 2.00 bits per heavy atom. The first-order valence-electron chi connectivity index (χ1n) is 7.77. The van der Waals surface area contributed by atoms with Crippen LogP contribution in [0.1, 0.15) is 72.1 Å². The van der Waals surface area contributed by atoms with Gasteiger partial charge in [0, 0.05) is 0 Å². The minimum atomic E-state index is -0.556. The first-order valence-corrected chi connectivity index (χ1v) is 7.77. The second-order valence-corrected chi connectivity index (χ2v) is 6.50. The number of carboxylic acid groups (broad SMARTS) is 1. The monoisotopic (exact) mass is 254 g/mol. The van der Waals surface area contributed by atoms with Gasteiger partial charge < -0.3 is 5.11 Å². The fraction of sp³-hybridized carbons (Fsp3) is 0.938. The molecule has 0 aromatic rings. The average molecular weight is 254 g/mol. The number of carbonyl (C=O) groups is 1. The minimum absolute atomic E-state index is 0.0646. The molecule has 0 saturated heterocycles. The Kier molecular flexibility index (Phi) is 6.73. The molecule has 0 bridgehead atoms. The van der Waals surface area contributed by atoms with Crippen molar-refractivity contribution in [2.24, 2.45) is 23.7 Å². The molecule has 0 amide bonds. The van der Waals surface area contributed by atoms with Crippen molar-refractivity contribution in [1.29, 1.82) is 0 Å². The smallest absolute Gasteiger partial charge is 0.306 e. The second-order valence-electron chi connectivity index (χ2n) is 6.50. The van der Waals surface area contributed by atoms with Gasteiger partial charge in [-0.25, -0.2) is 0 Å². The van der Waals surface area contributed by atoms with E-state index in [1.165, 1.54) is 25.7 Å². The molecule has 2 nitrogen and oxygen atoms in total. The molecule has 0 spiro atoms. The predicted molar refractivity (Wildman–Crippen MR) is 75.6 cm³/mol. The third-order valence-electron chi connectivity index (χ3n) is 4.46. The van der Waals surface area contributed by atoms with Crippen LogP contribution in [0.2, 0.25) is 0 Å². The summed E-state index contributed by atoms with van der Waals surface area (Å²) >= 11 is 0. The lowest BCUT2D eigenvalue weighted by molar-refractivity contribution is -0.145. The van der Waals surface area contributed by atoms with Gasteiger partial charge >= 0.3 is 5.97 Å². The van der Waals surface area contributed by atoms with Crippen molar-refractivity contribution in [3.05, 3.63) is 0 Å². The maximum Gasteiger partial charge on any atom is 0.306 e. The fourth-order valence-electron chi connectivity index (χ4n) is 3.46. The van der Waals surface area contributed by atoms with Gasteiger partial charge in [-0.1, -0.05) is 46.5 Å². The molecule has 1 aliphatic rings. The molecule has 106 valence electrons. The Labute approximate surface area is 112 Å². The molecule has 0 aliphatic heterocycles. The zero-order chi connectivity index (χ0) is 13.5. The number of aliphatic carboxylic acids is 1. The maximum atomic E-state index is 11.3. The van der Waals surface area contributed by atoms with Crippen LogP contribution in [0.25, 0.3) is 0 Å². The lowest BCUT2D eigenvalue weighted by atomic mass is 9.71. The van der Waals surface area contributed by atoms with E-state index in [2.05, 4.69) is 20.8 Å². The zero-order valence-electron chi connectivity index (χ0n) is 12.3. The Balaban J connectivity index is 2.46. The van der Waals surface area contributed by atoms with E-state index in [0.29, 0.717) is 5.92 Å². The molecule has 1 rings (SSSR count). The van der Waals surface area contributed by atoms with Gasteiger partial charge in [0.15, 0.2) is 0 Å². The van der Waals surface area contributed by atoms with Gasteiger partial charge in [0.1, 0.15) is 0 Å². The van der Waals surface area contributed by atoms with Gasteiger partial charge in [-0.2, -0.15) is 0 Å². The van der Waals surface area contributed by atoms with Crippen LogP contribution in [0.5, 0.6) is 0 Å². The molecular formula is C16H30O2. The average Bonchev–Trinajstić information content (AvgIpc) is 2.29. The van der Waals surface area contributed by atoms with E-state index < -0.39 is 5.97 Å². The summed E-state index contributed by atoms with van der Waals surface area (Å²) < 4.78 is 0. The summed E-state index contributed by atoms with van der Waals surface area (Å²) in [5.41, 5.74) is 0. The fourth-order valence-corrected chi connectivity index (χ4v) is 3.46. The highest BCUT2D eigenvalue weighted by molar-refractivity contribution is 5.70. The lowest BCUT2D eigenvalue weighted by Crippen LogP contribution is -2.30. The minimum Gasteiger partial charge on any atom is -0.481 e. The highest BCUT2D eigenvalue weighted by Crippen LogP contribution is 2.39. The standard InChI is InChI=1S/C16H30O2/c1-4-6-13-9-10-15(16(17)18)14(11-13)8-5-7-12(2)3/h12-15H,4-11H2,1-3H3,(H,17,18). The quantitative estimate of drug-likeness (QED) is 0.713. The molecule has 3 unspecified atom stereocenters. The number of hydrogen-bond donors (Lipinski definition) is 1. The van der Waals surface area contributed by atoms with Gasteiger partial charge in [-0.05, 0) is 43.4 Å². The first kappa shape index (κ1) is 15.5. The maximum absolute atomic E-state index is 11.3. The number of hydrogen-bond acceptors (Lipinski definition) is 1. The Bertz CT molecular complexity index is 247. The number of rotatable bonds is 7. The lowest BCUT2D eigenvalue weighted by Gasteiger charge is -2.34. The van der Waals surface area contributed by atoms with E-state index in [-0.39, 0.29) is 5.92 Å². The van der Waals surface area contributed by atoms with E-state index in [9.17, 15) is 9.90 Å². The summed E-state index contributed by atoms with van der Waals surface area (Å²) in [4.78, 5) is 11.3.